The largest absolute Gasteiger partial charge is 0.486 e. The van der Waals surface area contributed by atoms with E-state index in [1.165, 1.54) is 11.3 Å². The van der Waals surface area contributed by atoms with Crippen molar-refractivity contribution in [1.29, 1.82) is 0 Å². The normalized spacial score (nSPS) is 19.0. The van der Waals surface area contributed by atoms with Crippen LogP contribution in [0.15, 0.2) is 53.5 Å². The number of anilines is 1. The number of nitrogens with one attached hydrogen (secondary N) is 2. The first-order valence-corrected chi connectivity index (χ1v) is 10.1. The molecule has 0 amide bonds. The zero-order valence-corrected chi connectivity index (χ0v) is 16.8. The highest BCUT2D eigenvalue weighted by Crippen LogP contribution is 2.30. The summed E-state index contributed by atoms with van der Waals surface area (Å²) in [5.41, 5.74) is 2.45. The molecule has 2 aromatic carbocycles. The highest BCUT2D eigenvalue weighted by Gasteiger charge is 2.20. The van der Waals surface area contributed by atoms with Crippen LogP contribution in [0.3, 0.4) is 0 Å². The predicted molar refractivity (Wildman–Crippen MR) is 114 cm³/mol. The highest BCUT2D eigenvalue weighted by molar-refractivity contribution is 5.79. The lowest BCUT2D eigenvalue weighted by atomic mass is 10.2. The maximum absolute atomic E-state index is 5.98. The van der Waals surface area contributed by atoms with Crippen molar-refractivity contribution in [2.45, 2.75) is 12.6 Å². The number of ether oxygens (including phenoxy) is 3. The molecule has 2 aromatic rings. The molecular weight excluding hydrogens is 368 g/mol. The molecular formula is C22H28N4O3. The number of benzene rings is 2. The fraction of sp³-hybridized carbons (Fsp3) is 0.409. The lowest BCUT2D eigenvalue weighted by molar-refractivity contribution is 0.0936. The minimum atomic E-state index is -0.0590. The van der Waals surface area contributed by atoms with Crippen molar-refractivity contribution in [3.63, 3.8) is 0 Å². The Morgan fingerprint density at radius 2 is 1.79 bits per heavy atom. The third kappa shape index (κ3) is 5.12. The van der Waals surface area contributed by atoms with E-state index in [-0.39, 0.29) is 6.10 Å². The van der Waals surface area contributed by atoms with Crippen LogP contribution in [-0.4, -0.2) is 58.6 Å². The molecule has 0 spiro atoms. The van der Waals surface area contributed by atoms with Crippen LogP contribution < -0.4 is 25.0 Å². The molecule has 0 aliphatic carbocycles. The summed E-state index contributed by atoms with van der Waals surface area (Å²) < 4.78 is 17.1. The molecule has 29 heavy (non-hydrogen) atoms. The Bertz CT molecular complexity index is 819. The van der Waals surface area contributed by atoms with Gasteiger partial charge >= 0.3 is 0 Å². The van der Waals surface area contributed by atoms with E-state index in [4.69, 9.17) is 14.2 Å². The van der Waals surface area contributed by atoms with Gasteiger partial charge in [-0.25, -0.2) is 0 Å². The van der Waals surface area contributed by atoms with Crippen LogP contribution in [0.4, 0.5) is 5.69 Å². The number of fused-ring (bicyclic) bond motifs is 1. The van der Waals surface area contributed by atoms with Crippen molar-refractivity contribution in [3.8, 4) is 11.5 Å². The summed E-state index contributed by atoms with van der Waals surface area (Å²) in [4.78, 5) is 6.65. The second-order valence-corrected chi connectivity index (χ2v) is 7.07. The fourth-order valence-corrected chi connectivity index (χ4v) is 3.43. The second-order valence-electron chi connectivity index (χ2n) is 7.07. The molecule has 0 radical (unpaired) electrons. The van der Waals surface area contributed by atoms with E-state index in [2.05, 4.69) is 44.8 Å². The van der Waals surface area contributed by atoms with Gasteiger partial charge in [-0.1, -0.05) is 24.3 Å². The molecule has 2 aliphatic rings. The van der Waals surface area contributed by atoms with Crippen molar-refractivity contribution in [2.24, 2.45) is 4.99 Å². The summed E-state index contributed by atoms with van der Waals surface area (Å²) in [5, 5.41) is 6.67. The van der Waals surface area contributed by atoms with Gasteiger partial charge in [0.15, 0.2) is 17.5 Å². The van der Waals surface area contributed by atoms with Crippen LogP contribution in [0, 0.1) is 0 Å². The number of morpholine rings is 1. The molecule has 1 atom stereocenters. The molecule has 2 N–H and O–H groups in total. The van der Waals surface area contributed by atoms with Gasteiger partial charge in [0.05, 0.1) is 19.8 Å². The fourth-order valence-electron chi connectivity index (χ4n) is 3.43. The van der Waals surface area contributed by atoms with Crippen molar-refractivity contribution >= 4 is 11.6 Å². The van der Waals surface area contributed by atoms with Crippen molar-refractivity contribution in [3.05, 3.63) is 54.1 Å². The smallest absolute Gasteiger partial charge is 0.191 e. The molecule has 4 rings (SSSR count). The molecule has 7 nitrogen and oxygen atoms in total. The summed E-state index contributed by atoms with van der Waals surface area (Å²) >= 11 is 0. The van der Waals surface area contributed by atoms with Gasteiger partial charge in [0.1, 0.15) is 12.7 Å². The Morgan fingerprint density at radius 3 is 2.55 bits per heavy atom. The van der Waals surface area contributed by atoms with E-state index in [0.29, 0.717) is 19.7 Å². The molecule has 2 heterocycles. The van der Waals surface area contributed by atoms with Gasteiger partial charge in [-0.05, 0) is 29.8 Å². The Balaban J connectivity index is 1.23. The van der Waals surface area contributed by atoms with E-state index in [1.54, 1.807) is 7.05 Å². The van der Waals surface area contributed by atoms with Gasteiger partial charge in [-0.3, -0.25) is 4.99 Å². The Morgan fingerprint density at radius 1 is 1.03 bits per heavy atom. The average molecular weight is 396 g/mol. The van der Waals surface area contributed by atoms with Gasteiger partial charge in [-0.2, -0.15) is 0 Å². The van der Waals surface area contributed by atoms with Crippen LogP contribution in [0.25, 0.3) is 0 Å². The highest BCUT2D eigenvalue weighted by atomic mass is 16.6. The van der Waals surface area contributed by atoms with Gasteiger partial charge in [0.2, 0.25) is 0 Å². The Labute approximate surface area is 171 Å². The summed E-state index contributed by atoms with van der Waals surface area (Å²) in [6.07, 6.45) is -0.0590. The number of guanidine groups is 1. The van der Waals surface area contributed by atoms with Crippen LogP contribution >= 0.6 is 0 Å². The molecule has 0 saturated carbocycles. The van der Waals surface area contributed by atoms with Gasteiger partial charge in [0.25, 0.3) is 0 Å². The number of nitrogens with zero attached hydrogens (tertiary/aromatic N) is 2. The Hall–Kier alpha value is -2.93. The van der Waals surface area contributed by atoms with E-state index in [1.807, 2.05) is 24.3 Å². The monoisotopic (exact) mass is 396 g/mol. The van der Waals surface area contributed by atoms with Crippen LogP contribution in [0.1, 0.15) is 5.56 Å². The van der Waals surface area contributed by atoms with Gasteiger partial charge in [-0.15, -0.1) is 0 Å². The third-order valence-corrected chi connectivity index (χ3v) is 5.06. The van der Waals surface area contributed by atoms with E-state index in [9.17, 15) is 0 Å². The molecule has 0 aromatic heterocycles. The molecule has 1 unspecified atom stereocenters. The number of aliphatic imine (C=N–C) groups is 1. The number of rotatable bonds is 5. The first kappa shape index (κ1) is 19.4. The van der Waals surface area contributed by atoms with Crippen molar-refractivity contribution < 1.29 is 14.2 Å². The number of para-hydroxylation sites is 2. The predicted octanol–water partition coefficient (Wildman–Crippen LogP) is 2.03. The summed E-state index contributed by atoms with van der Waals surface area (Å²) in [6.45, 7) is 5.33. The van der Waals surface area contributed by atoms with Crippen molar-refractivity contribution in [2.75, 3.05) is 51.4 Å². The molecule has 7 heteroatoms. The minimum absolute atomic E-state index is 0.0590. The third-order valence-electron chi connectivity index (χ3n) is 5.06. The lowest BCUT2D eigenvalue weighted by Gasteiger charge is -2.29. The quantitative estimate of drug-likeness (QED) is 0.596. The maximum Gasteiger partial charge on any atom is 0.191 e. The van der Waals surface area contributed by atoms with Crippen LogP contribution in [-0.2, 0) is 11.3 Å². The minimum Gasteiger partial charge on any atom is -0.486 e. The molecule has 1 saturated heterocycles. The first-order valence-electron chi connectivity index (χ1n) is 10.1. The SMILES string of the molecule is CN=C(NCc1ccc(N2CCOCC2)cc1)NCC1COc2ccccc2O1. The summed E-state index contributed by atoms with van der Waals surface area (Å²) in [7, 11) is 1.77. The first-order chi connectivity index (χ1) is 14.3. The number of hydrogen-bond acceptors (Lipinski definition) is 5. The molecule has 154 valence electrons. The molecule has 1 fully saturated rings. The standard InChI is InChI=1S/C22H28N4O3/c1-23-22(25-15-19-16-28-20-4-2-3-5-21(20)29-19)24-14-17-6-8-18(9-7-17)26-10-12-27-13-11-26/h2-9,19H,10-16H2,1H3,(H2,23,24,25). The lowest BCUT2D eigenvalue weighted by Crippen LogP contribution is -2.45. The van der Waals surface area contributed by atoms with Crippen LogP contribution in [0.2, 0.25) is 0 Å². The van der Waals surface area contributed by atoms with E-state index >= 15 is 0 Å². The van der Waals surface area contributed by atoms with Gasteiger partial charge < -0.3 is 29.7 Å². The topological polar surface area (TPSA) is 67.4 Å². The summed E-state index contributed by atoms with van der Waals surface area (Å²) in [6, 6.07) is 16.4. The molecule has 0 bridgehead atoms. The zero-order valence-electron chi connectivity index (χ0n) is 16.8. The average Bonchev–Trinajstić information content (AvgIpc) is 2.80. The molecule has 2 aliphatic heterocycles. The maximum atomic E-state index is 5.98. The second kappa shape index (κ2) is 9.52. The summed E-state index contributed by atoms with van der Waals surface area (Å²) in [5.74, 6) is 2.32. The number of hydrogen-bond donors (Lipinski definition) is 2. The van der Waals surface area contributed by atoms with Crippen LogP contribution in [0.5, 0.6) is 11.5 Å². The van der Waals surface area contributed by atoms with Gasteiger partial charge in [0, 0.05) is 32.4 Å². The van der Waals surface area contributed by atoms with Crippen molar-refractivity contribution in [1.82, 2.24) is 10.6 Å². The zero-order chi connectivity index (χ0) is 19.9. The van der Waals surface area contributed by atoms with E-state index in [0.717, 1.165) is 43.8 Å². The Kier molecular flexibility index (Phi) is 6.36. The van der Waals surface area contributed by atoms with E-state index < -0.39 is 0 Å².